The number of anilines is 1. The van der Waals surface area contributed by atoms with Crippen molar-refractivity contribution in [1.82, 2.24) is 0 Å². The Hall–Kier alpha value is -0.930. The van der Waals surface area contributed by atoms with Crippen molar-refractivity contribution in [3.8, 4) is 5.75 Å². The first-order valence-corrected chi connectivity index (χ1v) is 3.00. The molecule has 3 nitrogen and oxygen atoms in total. The molecular formula is C7H11ClN2O. The molecule has 62 valence electrons. The average molecular weight is 175 g/mol. The number of phenols is 1. The van der Waals surface area contributed by atoms with Gasteiger partial charge in [0.05, 0.1) is 5.69 Å². The summed E-state index contributed by atoms with van der Waals surface area (Å²) in [5.74, 6) is 5.27. The first kappa shape index (κ1) is 10.1. The minimum atomic E-state index is 0. The molecule has 1 aromatic rings. The van der Waals surface area contributed by atoms with Crippen LogP contribution in [0.1, 0.15) is 5.56 Å². The second-order valence-electron chi connectivity index (χ2n) is 2.16. The van der Waals surface area contributed by atoms with E-state index < -0.39 is 0 Å². The van der Waals surface area contributed by atoms with Gasteiger partial charge in [-0.25, -0.2) is 0 Å². The average Bonchev–Trinajstić information content (AvgIpc) is 1.88. The summed E-state index contributed by atoms with van der Waals surface area (Å²) in [6.45, 7) is 1.90. The molecule has 0 unspecified atom stereocenters. The highest BCUT2D eigenvalue weighted by atomic mass is 35.5. The quantitative estimate of drug-likeness (QED) is 0.343. The van der Waals surface area contributed by atoms with Gasteiger partial charge in [-0.3, -0.25) is 5.84 Å². The molecular weight excluding hydrogens is 164 g/mol. The summed E-state index contributed by atoms with van der Waals surface area (Å²) in [6.07, 6.45) is 0. The summed E-state index contributed by atoms with van der Waals surface area (Å²) in [5.41, 5.74) is 3.93. The summed E-state index contributed by atoms with van der Waals surface area (Å²) < 4.78 is 0. The minimum absolute atomic E-state index is 0. The Labute approximate surface area is 71.6 Å². The molecule has 1 rings (SSSR count). The van der Waals surface area contributed by atoms with Gasteiger partial charge in [0, 0.05) is 0 Å². The number of benzene rings is 1. The maximum Gasteiger partial charge on any atom is 0.140 e. The zero-order chi connectivity index (χ0) is 7.56. The lowest BCUT2D eigenvalue weighted by atomic mass is 10.2. The number of nitrogen functional groups attached to an aromatic ring is 1. The molecule has 0 aromatic heterocycles. The van der Waals surface area contributed by atoms with E-state index >= 15 is 0 Å². The first-order chi connectivity index (χ1) is 4.74. The van der Waals surface area contributed by atoms with Crippen molar-refractivity contribution >= 4 is 18.1 Å². The Morgan fingerprint density at radius 2 is 2.09 bits per heavy atom. The van der Waals surface area contributed by atoms with E-state index in [0.717, 1.165) is 5.56 Å². The normalized spacial score (nSPS) is 8.55. The lowest BCUT2D eigenvalue weighted by Crippen LogP contribution is -2.06. The minimum Gasteiger partial charge on any atom is -0.506 e. The van der Waals surface area contributed by atoms with Gasteiger partial charge in [-0.15, -0.1) is 12.4 Å². The number of hydrogen-bond donors (Lipinski definition) is 3. The maximum absolute atomic E-state index is 9.15. The Balaban J connectivity index is 0.000001000. The molecule has 0 amide bonds. The van der Waals surface area contributed by atoms with E-state index in [1.165, 1.54) is 0 Å². The van der Waals surface area contributed by atoms with Gasteiger partial charge in [0.2, 0.25) is 0 Å². The molecule has 4 N–H and O–H groups in total. The van der Waals surface area contributed by atoms with Gasteiger partial charge in [0.25, 0.3) is 0 Å². The summed E-state index contributed by atoms with van der Waals surface area (Å²) in [5, 5.41) is 9.15. The molecule has 1 aromatic carbocycles. The van der Waals surface area contributed by atoms with Crippen LogP contribution < -0.4 is 11.3 Å². The van der Waals surface area contributed by atoms with Gasteiger partial charge in [0.1, 0.15) is 5.75 Å². The second-order valence-corrected chi connectivity index (χ2v) is 2.16. The lowest BCUT2D eigenvalue weighted by molar-refractivity contribution is 0.477. The molecule has 0 heterocycles. The predicted molar refractivity (Wildman–Crippen MR) is 47.9 cm³/mol. The fourth-order valence-electron chi connectivity index (χ4n) is 0.764. The van der Waals surface area contributed by atoms with Crippen LogP contribution in [0.15, 0.2) is 18.2 Å². The van der Waals surface area contributed by atoms with Crippen molar-refractivity contribution in [2.24, 2.45) is 5.84 Å². The van der Waals surface area contributed by atoms with Gasteiger partial charge < -0.3 is 10.5 Å². The van der Waals surface area contributed by atoms with E-state index in [1.54, 1.807) is 12.1 Å². The van der Waals surface area contributed by atoms with Crippen molar-refractivity contribution < 1.29 is 5.11 Å². The SMILES string of the molecule is Cc1ccc(NN)c(O)c1.Cl. The smallest absolute Gasteiger partial charge is 0.140 e. The van der Waals surface area contributed by atoms with Crippen LogP contribution in [0.25, 0.3) is 0 Å². The van der Waals surface area contributed by atoms with E-state index in [9.17, 15) is 0 Å². The third kappa shape index (κ3) is 2.29. The number of nitrogens with two attached hydrogens (primary N) is 1. The van der Waals surface area contributed by atoms with Crippen LogP contribution in [0.2, 0.25) is 0 Å². The summed E-state index contributed by atoms with van der Waals surface area (Å²) >= 11 is 0. The van der Waals surface area contributed by atoms with Crippen LogP contribution in [-0.2, 0) is 0 Å². The van der Waals surface area contributed by atoms with Crippen molar-refractivity contribution in [2.75, 3.05) is 5.43 Å². The Bertz CT molecular complexity index is 240. The largest absolute Gasteiger partial charge is 0.506 e. The molecule has 0 saturated carbocycles. The summed E-state index contributed by atoms with van der Waals surface area (Å²) in [4.78, 5) is 0. The van der Waals surface area contributed by atoms with E-state index in [1.807, 2.05) is 13.0 Å². The van der Waals surface area contributed by atoms with Crippen molar-refractivity contribution in [2.45, 2.75) is 6.92 Å². The third-order valence-corrected chi connectivity index (χ3v) is 1.31. The molecule has 0 aliphatic heterocycles. The van der Waals surface area contributed by atoms with Crippen LogP contribution in [0.4, 0.5) is 5.69 Å². The molecule has 0 saturated heterocycles. The zero-order valence-electron chi connectivity index (χ0n) is 6.16. The fraction of sp³-hybridized carbons (Fsp3) is 0.143. The Morgan fingerprint density at radius 3 is 2.55 bits per heavy atom. The van der Waals surface area contributed by atoms with Crippen molar-refractivity contribution in [3.05, 3.63) is 23.8 Å². The van der Waals surface area contributed by atoms with Crippen LogP contribution in [0, 0.1) is 6.92 Å². The maximum atomic E-state index is 9.15. The number of hydrazine groups is 1. The number of phenolic OH excluding ortho intramolecular Hbond substituents is 1. The number of rotatable bonds is 1. The number of aromatic hydroxyl groups is 1. The standard InChI is InChI=1S/C7H10N2O.ClH/c1-5-2-3-6(9-8)7(10)4-5;/h2-4,9-10H,8H2,1H3;1H. The number of halogens is 1. The van der Waals surface area contributed by atoms with Gasteiger partial charge in [0.15, 0.2) is 0 Å². The fourth-order valence-corrected chi connectivity index (χ4v) is 0.764. The third-order valence-electron chi connectivity index (χ3n) is 1.31. The van der Waals surface area contributed by atoms with E-state index in [4.69, 9.17) is 10.9 Å². The zero-order valence-corrected chi connectivity index (χ0v) is 6.98. The van der Waals surface area contributed by atoms with E-state index in [2.05, 4.69) is 5.43 Å². The predicted octanol–water partition coefficient (Wildman–Crippen LogP) is 1.41. The summed E-state index contributed by atoms with van der Waals surface area (Å²) in [6, 6.07) is 5.24. The molecule has 0 aliphatic rings. The first-order valence-electron chi connectivity index (χ1n) is 3.00. The van der Waals surface area contributed by atoms with Crippen LogP contribution in [-0.4, -0.2) is 5.11 Å². The molecule has 0 bridgehead atoms. The van der Waals surface area contributed by atoms with Gasteiger partial charge in [-0.2, -0.15) is 0 Å². The molecule has 0 spiro atoms. The van der Waals surface area contributed by atoms with Crippen LogP contribution in [0.5, 0.6) is 5.75 Å². The number of hydrogen-bond acceptors (Lipinski definition) is 3. The topological polar surface area (TPSA) is 58.3 Å². The molecule has 0 radical (unpaired) electrons. The lowest BCUT2D eigenvalue weighted by Gasteiger charge is -2.02. The van der Waals surface area contributed by atoms with E-state index in [-0.39, 0.29) is 18.2 Å². The van der Waals surface area contributed by atoms with Gasteiger partial charge in [-0.05, 0) is 24.6 Å². The number of aryl methyl sites for hydroxylation is 1. The molecule has 0 fully saturated rings. The molecule has 4 heteroatoms. The molecule has 11 heavy (non-hydrogen) atoms. The monoisotopic (exact) mass is 174 g/mol. The highest BCUT2D eigenvalue weighted by molar-refractivity contribution is 5.85. The van der Waals surface area contributed by atoms with Crippen LogP contribution in [0.3, 0.4) is 0 Å². The van der Waals surface area contributed by atoms with Crippen molar-refractivity contribution in [1.29, 1.82) is 0 Å². The highest BCUT2D eigenvalue weighted by Crippen LogP contribution is 2.22. The highest BCUT2D eigenvalue weighted by Gasteiger charge is 1.96. The van der Waals surface area contributed by atoms with E-state index in [0.29, 0.717) is 5.69 Å². The Morgan fingerprint density at radius 1 is 1.45 bits per heavy atom. The Kier molecular flexibility index (Phi) is 3.71. The molecule has 0 aliphatic carbocycles. The summed E-state index contributed by atoms with van der Waals surface area (Å²) in [7, 11) is 0. The number of nitrogens with one attached hydrogen (secondary N) is 1. The van der Waals surface area contributed by atoms with Gasteiger partial charge in [-0.1, -0.05) is 6.07 Å². The van der Waals surface area contributed by atoms with Crippen molar-refractivity contribution in [3.63, 3.8) is 0 Å². The second kappa shape index (κ2) is 4.05. The van der Waals surface area contributed by atoms with Crippen LogP contribution >= 0.6 is 12.4 Å². The van der Waals surface area contributed by atoms with Gasteiger partial charge >= 0.3 is 0 Å². The molecule has 0 atom stereocenters.